The van der Waals surface area contributed by atoms with E-state index >= 15 is 0 Å². The van der Waals surface area contributed by atoms with Crippen LogP contribution in [0.4, 0.5) is 10.6 Å². The lowest BCUT2D eigenvalue weighted by atomic mass is 10.1. The Morgan fingerprint density at radius 2 is 1.90 bits per heavy atom. The molecule has 8 nitrogen and oxygen atoms in total. The molecule has 3 aromatic heterocycles. The van der Waals surface area contributed by atoms with Gasteiger partial charge in [0.15, 0.2) is 5.65 Å². The van der Waals surface area contributed by atoms with Gasteiger partial charge in [-0.15, -0.1) is 0 Å². The molecule has 1 aromatic carbocycles. The fourth-order valence-electron chi connectivity index (χ4n) is 3.40. The third-order valence-electron chi connectivity index (χ3n) is 4.68. The molecule has 0 aliphatic rings. The summed E-state index contributed by atoms with van der Waals surface area (Å²) >= 11 is 4.23. The zero-order chi connectivity index (χ0) is 22.0. The molecule has 4 aromatic rings. The number of thiol groups is 1. The molecule has 0 aliphatic heterocycles. The Hall–Kier alpha value is -3.46. The van der Waals surface area contributed by atoms with Crippen molar-refractivity contribution >= 4 is 35.8 Å². The summed E-state index contributed by atoms with van der Waals surface area (Å²) < 4.78 is 3.03. The van der Waals surface area contributed by atoms with Gasteiger partial charge < -0.3 is 5.32 Å². The minimum absolute atomic E-state index is 0.352. The van der Waals surface area contributed by atoms with Crippen molar-refractivity contribution in [3.63, 3.8) is 0 Å². The van der Waals surface area contributed by atoms with Crippen LogP contribution in [0.15, 0.2) is 48.9 Å². The zero-order valence-corrected chi connectivity index (χ0v) is 18.5. The quantitative estimate of drug-likeness (QED) is 0.466. The van der Waals surface area contributed by atoms with Crippen molar-refractivity contribution in [2.24, 2.45) is 0 Å². The van der Waals surface area contributed by atoms with Crippen molar-refractivity contribution in [2.75, 3.05) is 10.8 Å². The predicted molar refractivity (Wildman–Crippen MR) is 124 cm³/mol. The van der Waals surface area contributed by atoms with Crippen molar-refractivity contribution in [1.29, 1.82) is 0 Å². The first-order chi connectivity index (χ1) is 14.9. The summed E-state index contributed by atoms with van der Waals surface area (Å²) in [5.74, 6) is 0.374. The number of rotatable bonds is 5. The molecule has 0 bridgehead atoms. The van der Waals surface area contributed by atoms with Gasteiger partial charge in [0.2, 0.25) is 0 Å². The number of hydrogen-bond acceptors (Lipinski definition) is 6. The van der Waals surface area contributed by atoms with Gasteiger partial charge in [-0.3, -0.25) is 9.67 Å². The molecule has 3 heterocycles. The largest absolute Gasteiger partial charge is 0.337 e. The zero-order valence-electron chi connectivity index (χ0n) is 17.6. The number of carbonyl (C=O) groups is 1. The van der Waals surface area contributed by atoms with Crippen LogP contribution in [0.25, 0.3) is 22.4 Å². The number of nitrogens with zero attached hydrogens (tertiary/aromatic N) is 6. The van der Waals surface area contributed by atoms with E-state index in [4.69, 9.17) is 0 Å². The average molecular weight is 434 g/mol. The maximum absolute atomic E-state index is 12.0. The van der Waals surface area contributed by atoms with Crippen molar-refractivity contribution in [3.05, 3.63) is 65.6 Å². The van der Waals surface area contributed by atoms with Crippen LogP contribution in [0.3, 0.4) is 0 Å². The molecule has 0 radical (unpaired) electrons. The number of carbonyl (C=O) groups excluding carboxylic acids is 1. The van der Waals surface area contributed by atoms with E-state index in [0.29, 0.717) is 35.8 Å². The first-order valence-electron chi connectivity index (χ1n) is 9.93. The molecule has 0 fully saturated rings. The monoisotopic (exact) mass is 433 g/mol. The molecule has 0 saturated heterocycles. The van der Waals surface area contributed by atoms with Gasteiger partial charge in [0.25, 0.3) is 0 Å². The highest BCUT2D eigenvalue weighted by atomic mass is 32.1. The van der Waals surface area contributed by atoms with Crippen LogP contribution in [-0.4, -0.2) is 37.3 Å². The van der Waals surface area contributed by atoms with Crippen LogP contribution >= 0.6 is 12.8 Å². The van der Waals surface area contributed by atoms with Crippen LogP contribution in [0.2, 0.25) is 0 Å². The summed E-state index contributed by atoms with van der Waals surface area (Å²) in [5, 5.41) is 7.15. The number of nitrogens with one attached hydrogen (secondary N) is 1. The van der Waals surface area contributed by atoms with Gasteiger partial charge in [-0.1, -0.05) is 42.1 Å². The molecule has 0 saturated carbocycles. The summed E-state index contributed by atoms with van der Waals surface area (Å²) in [6.07, 6.45) is 5.41. The van der Waals surface area contributed by atoms with Gasteiger partial charge in [0.1, 0.15) is 11.3 Å². The van der Waals surface area contributed by atoms with Crippen LogP contribution in [0.5, 0.6) is 0 Å². The summed E-state index contributed by atoms with van der Waals surface area (Å²) in [6.45, 7) is 7.20. The second-order valence-electron chi connectivity index (χ2n) is 7.34. The Balaban J connectivity index is 1.60. The number of amides is 2. The second-order valence-corrected chi connectivity index (χ2v) is 7.74. The minimum atomic E-state index is -0.352. The number of anilines is 1. The van der Waals surface area contributed by atoms with Gasteiger partial charge in [-0.2, -0.15) is 5.10 Å². The molecule has 0 spiro atoms. The number of aryl methyl sites for hydroxylation is 2. The minimum Gasteiger partial charge on any atom is -0.337 e. The highest BCUT2D eigenvalue weighted by Crippen LogP contribution is 2.21. The van der Waals surface area contributed by atoms with E-state index in [1.807, 2.05) is 17.8 Å². The first kappa shape index (κ1) is 20.8. The average Bonchev–Trinajstić information content (AvgIpc) is 3.20. The summed E-state index contributed by atoms with van der Waals surface area (Å²) in [4.78, 5) is 25.5. The van der Waals surface area contributed by atoms with Gasteiger partial charge in [-0.25, -0.2) is 19.1 Å². The first-order valence-corrected chi connectivity index (χ1v) is 10.3. The molecule has 9 heteroatoms. The Morgan fingerprint density at radius 1 is 1.13 bits per heavy atom. The Bertz CT molecular complexity index is 1230. The van der Waals surface area contributed by atoms with E-state index in [9.17, 15) is 4.79 Å². The predicted octanol–water partition coefficient (Wildman–Crippen LogP) is 3.93. The SMILES string of the molecule is CCNC(=O)N(S)c1ccc2ncc(-c3cnn(Cc4cc(C)cc(C)c4)c3)nc2n1. The third kappa shape index (κ3) is 4.66. The lowest BCUT2D eigenvalue weighted by molar-refractivity contribution is 0.250. The third-order valence-corrected chi connectivity index (χ3v) is 5.07. The second kappa shape index (κ2) is 8.73. The maximum atomic E-state index is 12.0. The molecule has 0 atom stereocenters. The smallest absolute Gasteiger partial charge is 0.333 e. The number of hydrogen-bond donors (Lipinski definition) is 2. The van der Waals surface area contributed by atoms with Gasteiger partial charge >= 0.3 is 6.03 Å². The normalized spacial score (nSPS) is 11.0. The lowest BCUT2D eigenvalue weighted by Crippen LogP contribution is -2.34. The number of fused-ring (bicyclic) bond motifs is 1. The van der Waals surface area contributed by atoms with Crippen LogP contribution in [0.1, 0.15) is 23.6 Å². The highest BCUT2D eigenvalue weighted by Gasteiger charge is 2.14. The summed E-state index contributed by atoms with van der Waals surface area (Å²) in [5.41, 5.74) is 6.23. The molecule has 4 rings (SSSR count). The number of benzene rings is 1. The van der Waals surface area contributed by atoms with E-state index in [1.165, 1.54) is 16.7 Å². The van der Waals surface area contributed by atoms with Crippen LogP contribution < -0.4 is 9.62 Å². The van der Waals surface area contributed by atoms with Crippen molar-refractivity contribution in [2.45, 2.75) is 27.3 Å². The molecular formula is C22H23N7OS. The number of aromatic nitrogens is 5. The van der Waals surface area contributed by atoms with Gasteiger partial charge in [0, 0.05) is 18.3 Å². The van der Waals surface area contributed by atoms with Crippen LogP contribution in [0, 0.1) is 13.8 Å². The van der Waals surface area contributed by atoms with Crippen molar-refractivity contribution in [1.82, 2.24) is 30.0 Å². The summed E-state index contributed by atoms with van der Waals surface area (Å²) in [6, 6.07) is 9.57. The Kier molecular flexibility index (Phi) is 5.85. The van der Waals surface area contributed by atoms with E-state index < -0.39 is 0 Å². The van der Waals surface area contributed by atoms with E-state index in [-0.39, 0.29) is 6.03 Å². The standard InChI is InChI=1S/C22H23N7OS/c1-4-23-22(30)29(31)20-6-5-18-21(27-20)26-19(11-24-18)17-10-25-28(13-17)12-16-8-14(2)7-15(3)9-16/h5-11,13,31H,4,12H2,1-3H3,(H,23,30). The Labute approximate surface area is 185 Å². The molecule has 0 unspecified atom stereocenters. The molecular weight excluding hydrogens is 410 g/mol. The molecule has 1 N–H and O–H groups in total. The van der Waals surface area contributed by atoms with Crippen LogP contribution in [-0.2, 0) is 6.54 Å². The van der Waals surface area contributed by atoms with Crippen molar-refractivity contribution in [3.8, 4) is 11.3 Å². The molecule has 31 heavy (non-hydrogen) atoms. The number of pyridine rings is 1. The summed E-state index contributed by atoms with van der Waals surface area (Å²) in [7, 11) is 0. The van der Waals surface area contributed by atoms with E-state index in [1.54, 1.807) is 24.5 Å². The Morgan fingerprint density at radius 3 is 2.65 bits per heavy atom. The topological polar surface area (TPSA) is 88.8 Å². The molecule has 158 valence electrons. The maximum Gasteiger partial charge on any atom is 0.333 e. The fraction of sp³-hybridized carbons (Fsp3) is 0.227. The lowest BCUT2D eigenvalue weighted by Gasteiger charge is -2.14. The highest BCUT2D eigenvalue weighted by molar-refractivity contribution is 7.82. The van der Waals surface area contributed by atoms with E-state index in [0.717, 1.165) is 9.87 Å². The van der Waals surface area contributed by atoms with Gasteiger partial charge in [-0.05, 0) is 38.5 Å². The fourth-order valence-corrected chi connectivity index (χ4v) is 3.59. The molecule has 2 amide bonds. The number of urea groups is 1. The van der Waals surface area contributed by atoms with E-state index in [2.05, 4.69) is 70.2 Å². The van der Waals surface area contributed by atoms with Crippen molar-refractivity contribution < 1.29 is 4.79 Å². The van der Waals surface area contributed by atoms with Gasteiger partial charge in [0.05, 0.1) is 24.6 Å². The molecule has 0 aliphatic carbocycles.